The molecule has 0 aromatic rings. The number of nitrogens with one attached hydrogen (secondary N) is 1. The third-order valence-corrected chi connectivity index (χ3v) is 8.84. The molecule has 0 spiro atoms. The molecule has 0 aromatic heterocycles. The Labute approximate surface area is 237 Å². The van der Waals surface area contributed by atoms with E-state index < -0.39 is 5.60 Å². The molecule has 0 aliphatic heterocycles. The average Bonchev–Trinajstić information content (AvgIpc) is 2.84. The van der Waals surface area contributed by atoms with Gasteiger partial charge in [-0.25, -0.2) is 0 Å². The van der Waals surface area contributed by atoms with Crippen LogP contribution in [0.15, 0.2) is 11.3 Å². The summed E-state index contributed by atoms with van der Waals surface area (Å²) in [4.78, 5) is 37.1. The van der Waals surface area contributed by atoms with Gasteiger partial charge in [-0.3, -0.25) is 14.4 Å². The maximum atomic E-state index is 12.7. The van der Waals surface area contributed by atoms with E-state index in [0.29, 0.717) is 57.4 Å². The highest BCUT2D eigenvalue weighted by atomic mass is 33.1. The van der Waals surface area contributed by atoms with Gasteiger partial charge in [0.25, 0.3) is 0 Å². The van der Waals surface area contributed by atoms with Crippen LogP contribution >= 0.6 is 21.6 Å². The Hall–Kier alpha value is -1.23. The number of ether oxygens (including phenoxy) is 2. The summed E-state index contributed by atoms with van der Waals surface area (Å²) < 4.78 is 11.8. The van der Waals surface area contributed by atoms with Gasteiger partial charge in [0, 0.05) is 43.9 Å². The molecule has 0 fully saturated rings. The minimum atomic E-state index is -0.870. The molecule has 0 aromatic carbocycles. The summed E-state index contributed by atoms with van der Waals surface area (Å²) in [5.74, 6) is 0.680. The van der Waals surface area contributed by atoms with E-state index in [4.69, 9.17) is 15.2 Å². The van der Waals surface area contributed by atoms with Crippen LogP contribution in [0.2, 0.25) is 0 Å². The van der Waals surface area contributed by atoms with E-state index in [-0.39, 0.29) is 48.6 Å². The van der Waals surface area contributed by atoms with Gasteiger partial charge in [0.05, 0.1) is 5.60 Å². The summed E-state index contributed by atoms with van der Waals surface area (Å²) in [7, 11) is 3.28. The van der Waals surface area contributed by atoms with E-state index in [9.17, 15) is 19.5 Å². The summed E-state index contributed by atoms with van der Waals surface area (Å²) in [6.07, 6.45) is 7.98. The smallest absolute Gasteiger partial charge is 0.310 e. The molecule has 0 radical (unpaired) electrons. The number of esters is 2. The zero-order chi connectivity index (χ0) is 28.6. The van der Waals surface area contributed by atoms with Crippen LogP contribution in [-0.4, -0.2) is 59.8 Å². The van der Waals surface area contributed by atoms with Gasteiger partial charge in [0.15, 0.2) is 0 Å². The van der Waals surface area contributed by atoms with E-state index in [1.807, 2.05) is 27.0 Å². The lowest BCUT2D eigenvalue weighted by molar-refractivity contribution is -0.153. The molecule has 1 amide bonds. The number of aliphatic hydroxyl groups is 1. The van der Waals surface area contributed by atoms with E-state index in [2.05, 4.69) is 12.2 Å². The van der Waals surface area contributed by atoms with Crippen LogP contribution in [0.1, 0.15) is 98.3 Å². The maximum Gasteiger partial charge on any atom is 0.310 e. The molecule has 1 aliphatic rings. The van der Waals surface area contributed by atoms with Crippen molar-refractivity contribution in [1.29, 1.82) is 0 Å². The number of rotatable bonds is 17. The minimum Gasteiger partial charge on any atom is -0.462 e. The second-order valence-electron chi connectivity index (χ2n) is 10.6. The van der Waals surface area contributed by atoms with Crippen molar-refractivity contribution in [3.8, 4) is 0 Å². The Kier molecular flexibility index (Phi) is 17.4. The monoisotopic (exact) mass is 574 g/mol. The molecule has 10 heteroatoms. The van der Waals surface area contributed by atoms with Crippen LogP contribution in [0.3, 0.4) is 0 Å². The van der Waals surface area contributed by atoms with Crippen molar-refractivity contribution in [3.63, 3.8) is 0 Å². The van der Waals surface area contributed by atoms with Crippen molar-refractivity contribution < 1.29 is 29.0 Å². The fourth-order valence-corrected chi connectivity index (χ4v) is 5.96. The van der Waals surface area contributed by atoms with Crippen LogP contribution in [0.5, 0.6) is 0 Å². The van der Waals surface area contributed by atoms with Gasteiger partial charge >= 0.3 is 11.9 Å². The third kappa shape index (κ3) is 13.7. The van der Waals surface area contributed by atoms with E-state index in [1.165, 1.54) is 0 Å². The van der Waals surface area contributed by atoms with Crippen molar-refractivity contribution in [2.45, 2.75) is 110 Å². The quantitative estimate of drug-likeness (QED) is 0.123. The summed E-state index contributed by atoms with van der Waals surface area (Å²) in [6, 6.07) is 0. The predicted molar refractivity (Wildman–Crippen MR) is 156 cm³/mol. The van der Waals surface area contributed by atoms with Crippen molar-refractivity contribution in [3.05, 3.63) is 11.3 Å². The minimum absolute atomic E-state index is 0.00864. The van der Waals surface area contributed by atoms with Crippen LogP contribution < -0.4 is 11.1 Å². The molecular formula is C28H50N2O6S2. The second kappa shape index (κ2) is 19.0. The first-order valence-corrected chi connectivity index (χ1v) is 16.7. The molecule has 220 valence electrons. The number of carbonyl (C=O) groups excluding carboxylic acids is 3. The highest BCUT2D eigenvalue weighted by Crippen LogP contribution is 2.39. The van der Waals surface area contributed by atoms with Crippen molar-refractivity contribution in [2.24, 2.45) is 17.6 Å². The normalized spacial score (nSPS) is 19.3. The predicted octanol–water partition coefficient (Wildman–Crippen LogP) is 5.13. The Bertz CT molecular complexity index is 769. The summed E-state index contributed by atoms with van der Waals surface area (Å²) >= 11 is 0. The molecule has 3 atom stereocenters. The molecular weight excluding hydrogens is 524 g/mol. The Morgan fingerprint density at radius 3 is 2.53 bits per heavy atom. The summed E-state index contributed by atoms with van der Waals surface area (Å²) in [5.41, 5.74) is 5.61. The van der Waals surface area contributed by atoms with E-state index in [0.717, 1.165) is 30.6 Å². The molecule has 3 unspecified atom stereocenters. The first kappa shape index (κ1) is 34.8. The number of nitrogens with two attached hydrogens (primary N) is 1. The van der Waals surface area contributed by atoms with Gasteiger partial charge in [0.1, 0.15) is 11.9 Å². The van der Waals surface area contributed by atoms with Gasteiger partial charge in [-0.15, -0.1) is 0 Å². The second-order valence-corrected chi connectivity index (χ2v) is 13.3. The third-order valence-electron chi connectivity index (χ3n) is 7.03. The molecule has 1 aliphatic carbocycles. The largest absolute Gasteiger partial charge is 0.462 e. The lowest BCUT2D eigenvalue weighted by Crippen LogP contribution is -2.38. The van der Waals surface area contributed by atoms with Crippen LogP contribution in [-0.2, 0) is 23.9 Å². The zero-order valence-corrected chi connectivity index (χ0v) is 25.6. The lowest BCUT2D eigenvalue weighted by Gasteiger charge is -2.38. The number of hydrogen-bond donors (Lipinski definition) is 3. The van der Waals surface area contributed by atoms with E-state index >= 15 is 0 Å². The topological polar surface area (TPSA) is 128 Å². The van der Waals surface area contributed by atoms with Gasteiger partial charge in [-0.05, 0) is 83.6 Å². The highest BCUT2D eigenvalue weighted by molar-refractivity contribution is 8.76. The van der Waals surface area contributed by atoms with Gasteiger partial charge in [0.2, 0.25) is 5.91 Å². The highest BCUT2D eigenvalue weighted by Gasteiger charge is 2.37. The van der Waals surface area contributed by atoms with Crippen molar-refractivity contribution in [2.75, 3.05) is 25.1 Å². The van der Waals surface area contributed by atoms with Crippen LogP contribution in [0.25, 0.3) is 0 Å². The maximum absolute atomic E-state index is 12.7. The van der Waals surface area contributed by atoms with Crippen molar-refractivity contribution in [1.82, 2.24) is 5.32 Å². The SMILES string of the molecule is CCCC(OC(=O)CCCN)C1CC(C(C)(C)O)CCCC(OC(=O)CCCNC(=O)CCSSC)=C1C. The number of amides is 1. The number of carbonyl (C=O) groups is 3. The Balaban J connectivity index is 2.95. The van der Waals surface area contributed by atoms with Gasteiger partial charge in [-0.1, -0.05) is 34.9 Å². The van der Waals surface area contributed by atoms with Gasteiger partial charge < -0.3 is 25.6 Å². The van der Waals surface area contributed by atoms with Crippen LogP contribution in [0.4, 0.5) is 0 Å². The first-order valence-electron chi connectivity index (χ1n) is 14.0. The molecule has 8 nitrogen and oxygen atoms in total. The molecule has 0 saturated carbocycles. The molecule has 38 heavy (non-hydrogen) atoms. The number of allylic oxidation sites excluding steroid dienone is 1. The molecule has 4 N–H and O–H groups in total. The first-order chi connectivity index (χ1) is 18.0. The van der Waals surface area contributed by atoms with Gasteiger partial charge in [-0.2, -0.15) is 0 Å². The van der Waals surface area contributed by atoms with Crippen molar-refractivity contribution >= 4 is 39.4 Å². The molecule has 1 rings (SSSR count). The number of hydrogen-bond acceptors (Lipinski definition) is 9. The average molecular weight is 575 g/mol. The fourth-order valence-electron chi connectivity index (χ4n) is 4.77. The fraction of sp³-hybridized carbons (Fsp3) is 0.821. The lowest BCUT2D eigenvalue weighted by atomic mass is 9.73. The molecule has 0 heterocycles. The zero-order valence-electron chi connectivity index (χ0n) is 24.0. The summed E-state index contributed by atoms with van der Waals surface area (Å²) in [5, 5.41) is 13.7. The Morgan fingerprint density at radius 1 is 1.18 bits per heavy atom. The van der Waals surface area contributed by atoms with Crippen LogP contribution in [0, 0.1) is 11.8 Å². The standard InChI is InChI=1S/C28H50N2O6S2/c1-6-10-24(36-26(32)13-8-16-29)22-19-21(28(3,4)34)11-7-12-23(20(22)2)35-27(33)14-9-17-30-25(31)15-18-38-37-5/h21-22,24,34H,6-19,29H2,1-5H3,(H,30,31). The Morgan fingerprint density at radius 2 is 1.89 bits per heavy atom. The van der Waals surface area contributed by atoms with E-state index in [1.54, 1.807) is 21.6 Å². The molecule has 0 saturated heterocycles. The summed E-state index contributed by atoms with van der Waals surface area (Å²) in [6.45, 7) is 8.54. The molecule has 0 bridgehead atoms.